The fourth-order valence-corrected chi connectivity index (χ4v) is 4.22. The van der Waals surface area contributed by atoms with E-state index in [0.29, 0.717) is 41.1 Å². The largest absolute Gasteiger partial charge is 0.362 e. The summed E-state index contributed by atoms with van der Waals surface area (Å²) in [4.78, 5) is 41.3. The van der Waals surface area contributed by atoms with Crippen molar-refractivity contribution in [3.05, 3.63) is 86.4 Å². The lowest BCUT2D eigenvalue weighted by Crippen LogP contribution is -2.35. The Kier molecular flexibility index (Phi) is 5.37. The van der Waals surface area contributed by atoms with E-state index in [-0.39, 0.29) is 11.5 Å². The minimum atomic E-state index is -0.686. The second kappa shape index (κ2) is 8.14. The number of allylic oxidation sites excluding steroid dienone is 3. The van der Waals surface area contributed by atoms with Crippen molar-refractivity contribution in [3.63, 3.8) is 0 Å². The molecule has 1 aliphatic carbocycles. The zero-order valence-electron chi connectivity index (χ0n) is 17.3. The van der Waals surface area contributed by atoms with Crippen LogP contribution in [0.15, 0.2) is 65.1 Å². The molecule has 2 aromatic rings. The van der Waals surface area contributed by atoms with Gasteiger partial charge in [0.2, 0.25) is 0 Å². The molecule has 0 radical (unpaired) electrons. The first-order valence-corrected chi connectivity index (χ1v) is 10.1. The van der Waals surface area contributed by atoms with Crippen LogP contribution in [-0.4, -0.2) is 21.6 Å². The van der Waals surface area contributed by atoms with Gasteiger partial charge in [0.15, 0.2) is 5.78 Å². The number of hydrogen-bond donors (Lipinski definition) is 2. The van der Waals surface area contributed by atoms with Crippen LogP contribution in [0.5, 0.6) is 0 Å². The Labute approximate surface area is 179 Å². The number of Topliss-reactive ketones (excluding diaryl/α,β-unsaturated/α-hetero) is 1. The average molecular weight is 418 g/mol. The summed E-state index contributed by atoms with van der Waals surface area (Å²) >= 11 is 0. The van der Waals surface area contributed by atoms with Gasteiger partial charge in [0.1, 0.15) is 5.82 Å². The zero-order valence-corrected chi connectivity index (χ0v) is 17.3. The van der Waals surface area contributed by atoms with E-state index in [1.807, 2.05) is 13.0 Å². The normalized spacial score (nSPS) is 18.4. The molecule has 1 amide bonds. The average Bonchev–Trinajstić information content (AvgIpc) is 2.73. The van der Waals surface area contributed by atoms with Gasteiger partial charge in [-0.25, -0.2) is 4.98 Å². The standard InChI is InChI=1S/C23H22N4O4/c1-13-9-10-24-19(11-13)26-23(29)20-14(2)25-17-7-4-8-18(28)22(17)21(20)15-5-3-6-16(12-15)27(30)31/h3,5-6,9-12,21,25H,4,7-8H2,1-2H3,(H,24,26,29)/t21-/m1/s1. The number of nitro groups is 1. The number of amides is 1. The fourth-order valence-electron chi connectivity index (χ4n) is 4.22. The second-order valence-corrected chi connectivity index (χ2v) is 7.79. The molecular formula is C23H22N4O4. The first-order chi connectivity index (χ1) is 14.8. The van der Waals surface area contributed by atoms with Gasteiger partial charge in [-0.1, -0.05) is 12.1 Å². The van der Waals surface area contributed by atoms with Crippen molar-refractivity contribution in [2.45, 2.75) is 39.0 Å². The van der Waals surface area contributed by atoms with Gasteiger partial charge in [-0.05, 0) is 49.9 Å². The van der Waals surface area contributed by atoms with E-state index in [0.717, 1.165) is 17.7 Å². The molecular weight excluding hydrogens is 396 g/mol. The lowest BCUT2D eigenvalue weighted by Gasteiger charge is -2.34. The van der Waals surface area contributed by atoms with Crippen LogP contribution in [0.1, 0.15) is 43.2 Å². The first-order valence-electron chi connectivity index (χ1n) is 10.1. The molecule has 158 valence electrons. The lowest BCUT2D eigenvalue weighted by molar-refractivity contribution is -0.384. The molecule has 1 atom stereocenters. The van der Waals surface area contributed by atoms with Gasteiger partial charge in [-0.15, -0.1) is 0 Å². The molecule has 2 aliphatic rings. The molecule has 2 heterocycles. The van der Waals surface area contributed by atoms with Gasteiger partial charge in [0, 0.05) is 53.2 Å². The topological polar surface area (TPSA) is 114 Å². The monoisotopic (exact) mass is 418 g/mol. The summed E-state index contributed by atoms with van der Waals surface area (Å²) in [6, 6.07) is 9.72. The Bertz CT molecular complexity index is 1170. The van der Waals surface area contributed by atoms with Crippen LogP contribution in [0.2, 0.25) is 0 Å². The van der Waals surface area contributed by atoms with Crippen LogP contribution in [0.25, 0.3) is 0 Å². The van der Waals surface area contributed by atoms with Crippen LogP contribution in [-0.2, 0) is 9.59 Å². The lowest BCUT2D eigenvalue weighted by atomic mass is 9.75. The van der Waals surface area contributed by atoms with Gasteiger partial charge >= 0.3 is 0 Å². The van der Waals surface area contributed by atoms with E-state index in [2.05, 4.69) is 15.6 Å². The number of carbonyl (C=O) groups excluding carboxylic acids is 2. The maximum atomic E-state index is 13.4. The van der Waals surface area contributed by atoms with Crippen molar-refractivity contribution < 1.29 is 14.5 Å². The van der Waals surface area contributed by atoms with E-state index in [9.17, 15) is 19.7 Å². The van der Waals surface area contributed by atoms with Crippen LogP contribution < -0.4 is 10.6 Å². The highest BCUT2D eigenvalue weighted by Crippen LogP contribution is 2.43. The number of ketones is 1. The SMILES string of the molecule is CC1=C(C(=O)Nc2cc(C)ccn2)[C@@H](c2cccc([N+](=O)[O-])c2)C2=C(CCCC2=O)N1. The van der Waals surface area contributed by atoms with Gasteiger partial charge in [0.05, 0.1) is 4.92 Å². The molecule has 0 bridgehead atoms. The Morgan fingerprint density at radius 2 is 2.03 bits per heavy atom. The fraction of sp³-hybridized carbons (Fsp3) is 0.261. The maximum absolute atomic E-state index is 13.4. The van der Waals surface area contributed by atoms with Gasteiger partial charge in [0.25, 0.3) is 11.6 Å². The molecule has 8 nitrogen and oxygen atoms in total. The molecule has 1 aromatic heterocycles. The van der Waals surface area contributed by atoms with E-state index < -0.39 is 16.7 Å². The first kappa shape index (κ1) is 20.5. The number of dihydropyridines is 1. The molecule has 8 heteroatoms. The quantitative estimate of drug-likeness (QED) is 0.575. The number of nitrogens with zero attached hydrogens (tertiary/aromatic N) is 2. The minimum Gasteiger partial charge on any atom is -0.362 e. The molecule has 0 fully saturated rings. The highest BCUT2D eigenvalue weighted by atomic mass is 16.6. The summed E-state index contributed by atoms with van der Waals surface area (Å²) < 4.78 is 0. The molecule has 0 saturated carbocycles. The summed E-state index contributed by atoms with van der Waals surface area (Å²) in [7, 11) is 0. The van der Waals surface area contributed by atoms with Crippen LogP contribution >= 0.6 is 0 Å². The van der Waals surface area contributed by atoms with Crippen molar-refractivity contribution in [1.29, 1.82) is 0 Å². The highest BCUT2D eigenvalue weighted by Gasteiger charge is 2.39. The molecule has 0 saturated heterocycles. The van der Waals surface area contributed by atoms with Crippen LogP contribution in [0.3, 0.4) is 0 Å². The smallest absolute Gasteiger partial charge is 0.269 e. The summed E-state index contributed by atoms with van der Waals surface area (Å²) in [5.74, 6) is -0.729. The summed E-state index contributed by atoms with van der Waals surface area (Å²) in [6.07, 6.45) is 3.42. The number of aromatic nitrogens is 1. The van der Waals surface area contributed by atoms with E-state index >= 15 is 0 Å². The molecule has 4 rings (SSSR count). The molecule has 1 aromatic carbocycles. The Morgan fingerprint density at radius 1 is 1.23 bits per heavy atom. The van der Waals surface area contributed by atoms with Crippen molar-refractivity contribution >= 4 is 23.2 Å². The number of benzene rings is 1. The van der Waals surface area contributed by atoms with Gasteiger partial charge < -0.3 is 10.6 Å². The zero-order chi connectivity index (χ0) is 22.1. The van der Waals surface area contributed by atoms with Crippen molar-refractivity contribution in [2.75, 3.05) is 5.32 Å². The van der Waals surface area contributed by atoms with Crippen LogP contribution in [0, 0.1) is 17.0 Å². The Morgan fingerprint density at radius 3 is 2.77 bits per heavy atom. The Hall–Kier alpha value is -3.81. The highest BCUT2D eigenvalue weighted by molar-refractivity contribution is 6.09. The van der Waals surface area contributed by atoms with Crippen molar-refractivity contribution in [1.82, 2.24) is 10.3 Å². The predicted molar refractivity (Wildman–Crippen MR) is 115 cm³/mol. The minimum absolute atomic E-state index is 0.0447. The number of nitro benzene ring substituents is 1. The maximum Gasteiger partial charge on any atom is 0.269 e. The number of aryl methyl sites for hydroxylation is 1. The van der Waals surface area contributed by atoms with E-state index in [1.54, 1.807) is 31.3 Å². The predicted octanol–water partition coefficient (Wildman–Crippen LogP) is 3.90. The molecule has 0 spiro atoms. The Balaban J connectivity index is 1.82. The van der Waals surface area contributed by atoms with Gasteiger partial charge in [-0.3, -0.25) is 19.7 Å². The third-order valence-electron chi connectivity index (χ3n) is 5.59. The second-order valence-electron chi connectivity index (χ2n) is 7.79. The number of anilines is 1. The van der Waals surface area contributed by atoms with Gasteiger partial charge in [-0.2, -0.15) is 0 Å². The van der Waals surface area contributed by atoms with Crippen LogP contribution in [0.4, 0.5) is 11.5 Å². The summed E-state index contributed by atoms with van der Waals surface area (Å²) in [5.41, 5.74) is 3.68. The number of carbonyl (C=O) groups is 2. The van der Waals surface area contributed by atoms with Crippen molar-refractivity contribution in [2.24, 2.45) is 0 Å². The molecule has 2 N–H and O–H groups in total. The van der Waals surface area contributed by atoms with E-state index in [4.69, 9.17) is 0 Å². The number of non-ortho nitro benzene ring substituents is 1. The number of rotatable bonds is 4. The summed E-state index contributed by atoms with van der Waals surface area (Å²) in [5, 5.41) is 17.4. The molecule has 1 aliphatic heterocycles. The molecule has 0 unspecified atom stereocenters. The van der Waals surface area contributed by atoms with E-state index in [1.165, 1.54) is 12.1 Å². The van der Waals surface area contributed by atoms with Crippen molar-refractivity contribution in [3.8, 4) is 0 Å². The molecule has 31 heavy (non-hydrogen) atoms. The number of hydrogen-bond acceptors (Lipinski definition) is 6. The summed E-state index contributed by atoms with van der Waals surface area (Å²) in [6.45, 7) is 3.68. The number of pyridine rings is 1. The third-order valence-corrected chi connectivity index (χ3v) is 5.59. The number of nitrogens with one attached hydrogen (secondary N) is 2. The third kappa shape index (κ3) is 3.96.